The molecule has 1 rings (SSSR count). The fraction of sp³-hybridized carbons (Fsp3) is 0.875. The van der Waals surface area contributed by atoms with Crippen molar-refractivity contribution in [2.24, 2.45) is 4.99 Å². The molecule has 0 bridgehead atoms. The molecule has 1 fully saturated rings. The summed E-state index contributed by atoms with van der Waals surface area (Å²) in [6.07, 6.45) is -3.77. The van der Waals surface area contributed by atoms with E-state index in [4.69, 9.17) is 5.11 Å². The van der Waals surface area contributed by atoms with Gasteiger partial charge in [0.1, 0.15) is 24.1 Å². The molecule has 0 saturated carbocycles. The molecule has 7 nitrogen and oxygen atoms in total. The van der Waals surface area contributed by atoms with Crippen LogP contribution >= 0.6 is 0 Å². The Hall–Kier alpha value is -0.730. The first-order valence-corrected chi connectivity index (χ1v) is 4.87. The minimum atomic E-state index is -1.33. The number of nitrogens with zero attached hydrogens (tertiary/aromatic N) is 1. The van der Waals surface area contributed by atoms with Gasteiger partial charge in [-0.25, -0.2) is 0 Å². The number of quaternary nitrogens is 1. The summed E-state index contributed by atoms with van der Waals surface area (Å²) in [6, 6.07) is -0.702. The third kappa shape index (κ3) is 2.64. The SMILES string of the molecule is [NH3+]CCN=C1N[C@H](CO)[C@@H](O)[C@H](O)[C@@H]1O. The zero-order chi connectivity index (χ0) is 11.4. The Morgan fingerprint density at radius 2 is 1.93 bits per heavy atom. The van der Waals surface area contributed by atoms with Gasteiger partial charge in [0, 0.05) is 0 Å². The second kappa shape index (κ2) is 5.38. The van der Waals surface area contributed by atoms with Crippen LogP contribution in [0.1, 0.15) is 0 Å². The number of hydrogen-bond donors (Lipinski definition) is 6. The number of hydrogen-bond acceptors (Lipinski definition) is 5. The largest absolute Gasteiger partial charge is 0.394 e. The molecule has 4 atom stereocenters. The highest BCUT2D eigenvalue weighted by molar-refractivity contribution is 5.88. The molecule has 15 heavy (non-hydrogen) atoms. The highest BCUT2D eigenvalue weighted by Crippen LogP contribution is 2.12. The van der Waals surface area contributed by atoms with Crippen molar-refractivity contribution >= 4 is 5.84 Å². The van der Waals surface area contributed by atoms with Gasteiger partial charge >= 0.3 is 0 Å². The number of aliphatic imine (C=N–C) groups is 1. The third-order valence-electron chi connectivity index (χ3n) is 2.34. The average molecular weight is 220 g/mol. The van der Waals surface area contributed by atoms with E-state index < -0.39 is 24.4 Å². The molecule has 8 N–H and O–H groups in total. The van der Waals surface area contributed by atoms with Gasteiger partial charge in [-0.2, -0.15) is 0 Å². The van der Waals surface area contributed by atoms with Gasteiger partial charge in [-0.3, -0.25) is 4.99 Å². The minimum absolute atomic E-state index is 0.190. The maximum atomic E-state index is 9.54. The molecule has 0 spiro atoms. The summed E-state index contributed by atoms with van der Waals surface area (Å²) in [5, 5.41) is 40.1. The molecule has 1 aliphatic heterocycles. The summed E-state index contributed by atoms with van der Waals surface area (Å²) in [5.74, 6) is 0.190. The van der Waals surface area contributed by atoms with Gasteiger partial charge in [0.15, 0.2) is 0 Å². The lowest BCUT2D eigenvalue weighted by Crippen LogP contribution is -2.64. The molecule has 0 radical (unpaired) electrons. The Bertz CT molecular complexity index is 234. The Morgan fingerprint density at radius 1 is 1.27 bits per heavy atom. The molecule has 7 heteroatoms. The van der Waals surface area contributed by atoms with E-state index in [0.717, 1.165) is 0 Å². The van der Waals surface area contributed by atoms with Crippen LogP contribution in [0.5, 0.6) is 0 Å². The Morgan fingerprint density at radius 3 is 2.47 bits per heavy atom. The Kier molecular flexibility index (Phi) is 4.43. The van der Waals surface area contributed by atoms with Crippen LogP contribution in [0.15, 0.2) is 4.99 Å². The van der Waals surface area contributed by atoms with Crippen LogP contribution < -0.4 is 11.1 Å². The summed E-state index contributed by atoms with van der Waals surface area (Å²) >= 11 is 0. The van der Waals surface area contributed by atoms with Crippen molar-refractivity contribution < 1.29 is 26.2 Å². The van der Waals surface area contributed by atoms with E-state index in [9.17, 15) is 15.3 Å². The number of nitrogens with one attached hydrogen (secondary N) is 1. The minimum Gasteiger partial charge on any atom is -0.394 e. The van der Waals surface area contributed by atoms with Gasteiger partial charge in [-0.15, -0.1) is 0 Å². The topological polar surface area (TPSA) is 133 Å². The predicted molar refractivity (Wildman–Crippen MR) is 52.1 cm³/mol. The predicted octanol–water partition coefficient (Wildman–Crippen LogP) is -4.33. The first-order valence-electron chi connectivity index (χ1n) is 4.87. The highest BCUT2D eigenvalue weighted by Gasteiger charge is 2.39. The fourth-order valence-corrected chi connectivity index (χ4v) is 1.44. The molecule has 1 saturated heterocycles. The molecular formula is C8H18N3O4+. The third-order valence-corrected chi connectivity index (χ3v) is 2.34. The van der Waals surface area contributed by atoms with Crippen molar-refractivity contribution in [2.75, 3.05) is 19.7 Å². The zero-order valence-electron chi connectivity index (χ0n) is 8.37. The molecule has 0 aliphatic carbocycles. The van der Waals surface area contributed by atoms with Crippen molar-refractivity contribution in [1.82, 2.24) is 5.32 Å². The van der Waals surface area contributed by atoms with E-state index in [2.05, 4.69) is 16.0 Å². The molecule has 0 aromatic carbocycles. The van der Waals surface area contributed by atoms with Gasteiger partial charge in [0.2, 0.25) is 0 Å². The summed E-state index contributed by atoms with van der Waals surface area (Å²) in [7, 11) is 0. The second-order valence-electron chi connectivity index (χ2n) is 3.48. The zero-order valence-corrected chi connectivity index (χ0v) is 8.37. The smallest absolute Gasteiger partial charge is 0.139 e. The summed E-state index contributed by atoms with van der Waals surface area (Å²) in [5.41, 5.74) is 3.59. The van der Waals surface area contributed by atoms with Crippen LogP contribution in [0.4, 0.5) is 0 Å². The van der Waals surface area contributed by atoms with Crippen LogP contribution in [0.25, 0.3) is 0 Å². The molecule has 0 amide bonds. The number of amidine groups is 1. The monoisotopic (exact) mass is 220 g/mol. The van der Waals surface area contributed by atoms with E-state index in [1.54, 1.807) is 0 Å². The molecule has 0 unspecified atom stereocenters. The normalized spacial score (nSPS) is 39.1. The molecular weight excluding hydrogens is 202 g/mol. The lowest BCUT2D eigenvalue weighted by molar-refractivity contribution is -0.363. The number of piperidine rings is 1. The standard InChI is InChI=1S/C8H17N3O4/c9-1-2-10-8-7(15)6(14)5(13)4(3-12)11-8/h4-7,12-15H,1-3,9H2,(H,10,11)/p+1/t4-,5-,6+,7+/m1/s1. The van der Waals surface area contributed by atoms with Gasteiger partial charge in [0.25, 0.3) is 0 Å². The van der Waals surface area contributed by atoms with Crippen molar-refractivity contribution in [1.29, 1.82) is 0 Å². The molecule has 0 aromatic rings. The Balaban J connectivity index is 2.74. The summed E-state index contributed by atoms with van der Waals surface area (Å²) < 4.78 is 0. The quantitative estimate of drug-likeness (QED) is 0.286. The average Bonchev–Trinajstić information content (AvgIpc) is 2.25. The number of rotatable bonds is 3. The van der Waals surface area contributed by atoms with E-state index in [1.165, 1.54) is 0 Å². The fourth-order valence-electron chi connectivity index (χ4n) is 1.44. The lowest BCUT2D eigenvalue weighted by atomic mass is 9.95. The maximum Gasteiger partial charge on any atom is 0.139 e. The second-order valence-corrected chi connectivity index (χ2v) is 3.48. The Labute approximate surface area is 87.3 Å². The van der Waals surface area contributed by atoms with Crippen molar-refractivity contribution in [3.8, 4) is 0 Å². The molecule has 0 aromatic heterocycles. The first-order chi connectivity index (χ1) is 7.11. The maximum absolute atomic E-state index is 9.54. The van der Waals surface area contributed by atoms with Crippen molar-refractivity contribution in [3.63, 3.8) is 0 Å². The summed E-state index contributed by atoms with van der Waals surface area (Å²) in [4.78, 5) is 3.98. The van der Waals surface area contributed by atoms with Crippen molar-refractivity contribution in [2.45, 2.75) is 24.4 Å². The van der Waals surface area contributed by atoms with Crippen LogP contribution in [0.3, 0.4) is 0 Å². The van der Waals surface area contributed by atoms with E-state index in [0.29, 0.717) is 13.1 Å². The lowest BCUT2D eigenvalue weighted by Gasteiger charge is -2.36. The van der Waals surface area contributed by atoms with E-state index in [-0.39, 0.29) is 12.4 Å². The van der Waals surface area contributed by atoms with Crippen molar-refractivity contribution in [3.05, 3.63) is 0 Å². The van der Waals surface area contributed by atoms with Gasteiger partial charge in [-0.1, -0.05) is 0 Å². The van der Waals surface area contributed by atoms with Gasteiger partial charge < -0.3 is 31.5 Å². The van der Waals surface area contributed by atoms with Crippen LogP contribution in [-0.4, -0.2) is 70.3 Å². The van der Waals surface area contributed by atoms with Gasteiger partial charge in [-0.05, 0) is 0 Å². The number of aliphatic hydroxyl groups is 4. The number of aliphatic hydroxyl groups excluding tert-OH is 4. The van der Waals surface area contributed by atoms with Crippen LogP contribution in [-0.2, 0) is 0 Å². The van der Waals surface area contributed by atoms with Crippen LogP contribution in [0.2, 0.25) is 0 Å². The molecule has 1 heterocycles. The summed E-state index contributed by atoms with van der Waals surface area (Å²) in [6.45, 7) is 0.648. The first kappa shape index (κ1) is 12.3. The van der Waals surface area contributed by atoms with Gasteiger partial charge in [0.05, 0.1) is 25.7 Å². The highest BCUT2D eigenvalue weighted by atomic mass is 16.4. The molecule has 1 aliphatic rings. The van der Waals surface area contributed by atoms with E-state index in [1.807, 2.05) is 0 Å². The van der Waals surface area contributed by atoms with Crippen LogP contribution in [0, 0.1) is 0 Å². The molecule has 88 valence electrons. The van der Waals surface area contributed by atoms with E-state index >= 15 is 0 Å².